The number of allylic oxidation sites excluding steroid dienone is 2. The van der Waals surface area contributed by atoms with Crippen molar-refractivity contribution in [3.8, 4) is 0 Å². The van der Waals surface area contributed by atoms with Crippen molar-refractivity contribution in [1.29, 1.82) is 0 Å². The maximum Gasteiger partial charge on any atom is 0.139 e. The van der Waals surface area contributed by atoms with Gasteiger partial charge in [0.2, 0.25) is 0 Å². The van der Waals surface area contributed by atoms with Crippen molar-refractivity contribution in [2.75, 3.05) is 0 Å². The third kappa shape index (κ3) is 1.97. The lowest BCUT2D eigenvalue weighted by Gasteiger charge is -2.54. The molecule has 1 fully saturated rings. The Bertz CT molecular complexity index is 324. The first kappa shape index (κ1) is 11.9. The molecule has 0 aromatic carbocycles. The summed E-state index contributed by atoms with van der Waals surface area (Å²) in [5, 5.41) is 0. The molecule has 0 aliphatic heterocycles. The molecule has 0 N–H and O–H groups in total. The van der Waals surface area contributed by atoms with Crippen LogP contribution in [-0.2, 0) is 4.79 Å². The molecule has 0 saturated heterocycles. The summed E-state index contributed by atoms with van der Waals surface area (Å²) in [6, 6.07) is 0. The first-order valence-electron chi connectivity index (χ1n) is 6.60. The van der Waals surface area contributed by atoms with Crippen molar-refractivity contribution in [3.63, 3.8) is 0 Å². The molecule has 0 bridgehead atoms. The summed E-state index contributed by atoms with van der Waals surface area (Å²) >= 11 is 0. The van der Waals surface area contributed by atoms with Crippen molar-refractivity contribution in [1.82, 2.24) is 0 Å². The van der Waals surface area contributed by atoms with Gasteiger partial charge in [-0.05, 0) is 43.4 Å². The second-order valence-electron chi connectivity index (χ2n) is 6.51. The second-order valence-corrected chi connectivity index (χ2v) is 6.51. The minimum atomic E-state index is 0.278. The van der Waals surface area contributed by atoms with Crippen LogP contribution in [0.2, 0.25) is 0 Å². The number of hydrogen-bond donors (Lipinski definition) is 0. The fraction of sp³-hybridized carbons (Fsp3) is 0.800. The Hall–Kier alpha value is -0.590. The van der Waals surface area contributed by atoms with Crippen LogP contribution in [0.5, 0.6) is 0 Å². The van der Waals surface area contributed by atoms with E-state index in [1.54, 1.807) is 0 Å². The average molecular weight is 220 g/mol. The molecule has 2 aliphatic carbocycles. The maximum absolute atomic E-state index is 12.0. The first-order valence-corrected chi connectivity index (χ1v) is 6.60. The Morgan fingerprint density at radius 1 is 1.38 bits per heavy atom. The summed E-state index contributed by atoms with van der Waals surface area (Å²) in [5.41, 5.74) is 1.87. The number of Topliss-reactive ketones (excluding diaryl/α,β-unsaturated/α-hetero) is 1. The largest absolute Gasteiger partial charge is 0.299 e. The van der Waals surface area contributed by atoms with Crippen molar-refractivity contribution < 1.29 is 4.79 Å². The molecule has 0 radical (unpaired) electrons. The minimum Gasteiger partial charge on any atom is -0.299 e. The first-order chi connectivity index (χ1) is 7.42. The summed E-state index contributed by atoms with van der Waals surface area (Å²) in [7, 11) is 0. The van der Waals surface area contributed by atoms with E-state index >= 15 is 0 Å². The van der Waals surface area contributed by atoms with Crippen molar-refractivity contribution in [3.05, 3.63) is 11.6 Å². The van der Waals surface area contributed by atoms with Crippen molar-refractivity contribution in [2.24, 2.45) is 23.2 Å². The summed E-state index contributed by atoms with van der Waals surface area (Å²) in [6.07, 6.45) is 6.51. The third-order valence-electron chi connectivity index (χ3n) is 4.93. The molecular formula is C15H24O. The fourth-order valence-electron chi connectivity index (χ4n) is 3.63. The van der Waals surface area contributed by atoms with Crippen LogP contribution in [-0.4, -0.2) is 5.78 Å². The van der Waals surface area contributed by atoms with Gasteiger partial charge in [0.25, 0.3) is 0 Å². The molecule has 1 saturated carbocycles. The Kier molecular flexibility index (Phi) is 2.98. The highest BCUT2D eigenvalue weighted by atomic mass is 16.1. The van der Waals surface area contributed by atoms with E-state index in [1.165, 1.54) is 24.8 Å². The molecule has 3 atom stereocenters. The SMILES string of the molecule is CC1=CCC(=O)C(C)C2CC(C)(C)C2CC1. The van der Waals surface area contributed by atoms with Gasteiger partial charge in [-0.15, -0.1) is 0 Å². The third-order valence-corrected chi connectivity index (χ3v) is 4.93. The van der Waals surface area contributed by atoms with Gasteiger partial charge in [0.1, 0.15) is 5.78 Å². The zero-order valence-corrected chi connectivity index (χ0v) is 11.0. The van der Waals surface area contributed by atoms with E-state index in [2.05, 4.69) is 33.8 Å². The van der Waals surface area contributed by atoms with Gasteiger partial charge in [0, 0.05) is 12.3 Å². The van der Waals surface area contributed by atoms with Crippen LogP contribution >= 0.6 is 0 Å². The molecule has 1 heteroatoms. The van der Waals surface area contributed by atoms with Crippen LogP contribution in [0.4, 0.5) is 0 Å². The predicted molar refractivity (Wildman–Crippen MR) is 67.2 cm³/mol. The van der Waals surface area contributed by atoms with Gasteiger partial charge < -0.3 is 0 Å². The number of carbonyl (C=O) groups excluding carboxylic acids is 1. The van der Waals surface area contributed by atoms with Gasteiger partial charge in [-0.1, -0.05) is 32.4 Å². The Morgan fingerprint density at radius 2 is 2.06 bits per heavy atom. The number of fused-ring (bicyclic) bond motifs is 1. The van der Waals surface area contributed by atoms with E-state index in [1.807, 2.05) is 0 Å². The smallest absolute Gasteiger partial charge is 0.139 e. The second kappa shape index (κ2) is 4.01. The molecule has 2 rings (SSSR count). The van der Waals surface area contributed by atoms with E-state index in [4.69, 9.17) is 0 Å². The molecule has 0 spiro atoms. The molecule has 0 aromatic rings. The van der Waals surface area contributed by atoms with Gasteiger partial charge >= 0.3 is 0 Å². The van der Waals surface area contributed by atoms with Crippen LogP contribution in [0, 0.1) is 23.2 Å². The lowest BCUT2D eigenvalue weighted by Crippen LogP contribution is -2.48. The summed E-state index contributed by atoms with van der Waals surface area (Å²) < 4.78 is 0. The predicted octanol–water partition coefficient (Wildman–Crippen LogP) is 3.98. The average Bonchev–Trinajstić information content (AvgIpc) is 2.24. The van der Waals surface area contributed by atoms with Crippen LogP contribution in [0.25, 0.3) is 0 Å². The summed E-state index contributed by atoms with van der Waals surface area (Å²) in [5.74, 6) is 2.14. The van der Waals surface area contributed by atoms with Crippen LogP contribution < -0.4 is 0 Å². The molecule has 0 aromatic heterocycles. The topological polar surface area (TPSA) is 17.1 Å². The maximum atomic E-state index is 12.0. The van der Waals surface area contributed by atoms with Gasteiger partial charge in [-0.25, -0.2) is 0 Å². The zero-order chi connectivity index (χ0) is 11.9. The van der Waals surface area contributed by atoms with E-state index < -0.39 is 0 Å². The molecule has 3 unspecified atom stereocenters. The van der Waals surface area contributed by atoms with E-state index in [-0.39, 0.29) is 5.92 Å². The highest BCUT2D eigenvalue weighted by Gasteiger charge is 2.49. The van der Waals surface area contributed by atoms with Gasteiger partial charge in [0.15, 0.2) is 0 Å². The Labute approximate surface area is 99.3 Å². The number of carbonyl (C=O) groups is 1. The fourth-order valence-corrected chi connectivity index (χ4v) is 3.63. The lowest BCUT2D eigenvalue weighted by atomic mass is 9.51. The number of ketones is 1. The van der Waals surface area contributed by atoms with E-state index in [0.717, 1.165) is 5.92 Å². The molecule has 0 heterocycles. The molecule has 90 valence electrons. The molecular weight excluding hydrogens is 196 g/mol. The van der Waals surface area contributed by atoms with E-state index in [0.29, 0.717) is 23.5 Å². The Morgan fingerprint density at radius 3 is 2.69 bits per heavy atom. The lowest BCUT2D eigenvalue weighted by molar-refractivity contribution is -0.130. The molecule has 2 aliphatic rings. The molecule has 0 amide bonds. The van der Waals surface area contributed by atoms with Gasteiger partial charge in [-0.3, -0.25) is 4.79 Å². The quantitative estimate of drug-likeness (QED) is 0.564. The molecule has 16 heavy (non-hydrogen) atoms. The van der Waals surface area contributed by atoms with Gasteiger partial charge in [-0.2, -0.15) is 0 Å². The van der Waals surface area contributed by atoms with Gasteiger partial charge in [0.05, 0.1) is 0 Å². The molecule has 1 nitrogen and oxygen atoms in total. The normalized spacial score (nSPS) is 38.6. The highest BCUT2D eigenvalue weighted by Crippen LogP contribution is 2.56. The monoisotopic (exact) mass is 220 g/mol. The standard InChI is InChI=1S/C15H24O/c1-10-5-7-13-12(9-15(13,3)4)11(2)14(16)8-6-10/h6,11-13H,5,7-9H2,1-4H3. The highest BCUT2D eigenvalue weighted by molar-refractivity contribution is 5.82. The van der Waals surface area contributed by atoms with Crippen LogP contribution in [0.15, 0.2) is 11.6 Å². The zero-order valence-electron chi connectivity index (χ0n) is 11.0. The summed E-state index contributed by atoms with van der Waals surface area (Å²) in [6.45, 7) is 9.04. The number of hydrogen-bond acceptors (Lipinski definition) is 1. The van der Waals surface area contributed by atoms with Crippen molar-refractivity contribution in [2.45, 2.75) is 53.4 Å². The van der Waals surface area contributed by atoms with E-state index in [9.17, 15) is 4.79 Å². The van der Waals surface area contributed by atoms with Crippen LogP contribution in [0.3, 0.4) is 0 Å². The number of rotatable bonds is 0. The summed E-state index contributed by atoms with van der Waals surface area (Å²) in [4.78, 5) is 12.0. The Balaban J connectivity index is 2.18. The van der Waals surface area contributed by atoms with Crippen molar-refractivity contribution >= 4 is 5.78 Å². The van der Waals surface area contributed by atoms with Crippen LogP contribution in [0.1, 0.15) is 53.4 Å². The minimum absolute atomic E-state index is 0.278.